The lowest BCUT2D eigenvalue weighted by atomic mass is 10.1. The molecule has 0 amide bonds. The fourth-order valence-corrected chi connectivity index (χ4v) is 1.61. The molecular formula is C12H18FNO2. The van der Waals surface area contributed by atoms with E-state index in [-0.39, 0.29) is 5.82 Å². The van der Waals surface area contributed by atoms with Crippen LogP contribution in [0.15, 0.2) is 18.2 Å². The fourth-order valence-electron chi connectivity index (χ4n) is 1.61. The van der Waals surface area contributed by atoms with Crippen LogP contribution >= 0.6 is 0 Å². The lowest BCUT2D eigenvalue weighted by Gasteiger charge is -2.23. The van der Waals surface area contributed by atoms with Crippen LogP contribution in [0.2, 0.25) is 0 Å². The third kappa shape index (κ3) is 2.93. The average Bonchev–Trinajstić information content (AvgIpc) is 2.25. The number of halogens is 1. The summed E-state index contributed by atoms with van der Waals surface area (Å²) >= 11 is 0. The Labute approximate surface area is 95.5 Å². The van der Waals surface area contributed by atoms with Crippen LogP contribution in [0.4, 0.5) is 10.1 Å². The largest absolute Gasteiger partial charge is 0.389 e. The number of aliphatic hydroxyl groups excluding tert-OH is 1. The second-order valence-corrected chi connectivity index (χ2v) is 3.77. The number of anilines is 1. The Balaban J connectivity index is 3.00. The van der Waals surface area contributed by atoms with E-state index >= 15 is 0 Å². The second-order valence-electron chi connectivity index (χ2n) is 3.77. The van der Waals surface area contributed by atoms with Crippen LogP contribution in [0.1, 0.15) is 18.6 Å². The summed E-state index contributed by atoms with van der Waals surface area (Å²) in [7, 11) is 3.38. The van der Waals surface area contributed by atoms with Crippen molar-refractivity contribution in [2.24, 2.45) is 0 Å². The van der Waals surface area contributed by atoms with Gasteiger partial charge in [0.25, 0.3) is 0 Å². The maximum Gasteiger partial charge on any atom is 0.146 e. The first-order valence-corrected chi connectivity index (χ1v) is 5.24. The zero-order valence-corrected chi connectivity index (χ0v) is 9.90. The fraction of sp³-hybridized carbons (Fsp3) is 0.500. The maximum absolute atomic E-state index is 13.7. The highest BCUT2D eigenvalue weighted by atomic mass is 19.1. The van der Waals surface area contributed by atoms with Gasteiger partial charge in [-0.15, -0.1) is 0 Å². The minimum atomic E-state index is -0.685. The molecule has 0 radical (unpaired) electrons. The first kappa shape index (κ1) is 12.9. The van der Waals surface area contributed by atoms with Crippen molar-refractivity contribution in [3.8, 4) is 0 Å². The van der Waals surface area contributed by atoms with E-state index in [1.807, 2.05) is 0 Å². The van der Waals surface area contributed by atoms with Gasteiger partial charge < -0.3 is 14.7 Å². The van der Waals surface area contributed by atoms with Crippen molar-refractivity contribution < 1.29 is 14.2 Å². The number of hydrogen-bond donors (Lipinski definition) is 1. The summed E-state index contributed by atoms with van der Waals surface area (Å²) in [6.45, 7) is 2.73. The SMILES string of the molecule is COCCN(C)c1c(F)cccc1[C@@H](C)O. The average molecular weight is 227 g/mol. The van der Waals surface area contributed by atoms with Crippen molar-refractivity contribution in [1.29, 1.82) is 0 Å². The molecule has 0 saturated heterocycles. The van der Waals surface area contributed by atoms with Crippen molar-refractivity contribution in [1.82, 2.24) is 0 Å². The Morgan fingerprint density at radius 3 is 2.75 bits per heavy atom. The van der Waals surface area contributed by atoms with Crippen LogP contribution in [0.5, 0.6) is 0 Å². The van der Waals surface area contributed by atoms with Gasteiger partial charge in [-0.25, -0.2) is 4.39 Å². The predicted molar refractivity (Wildman–Crippen MR) is 62.2 cm³/mol. The Bertz CT molecular complexity index is 342. The van der Waals surface area contributed by atoms with Crippen molar-refractivity contribution in [3.63, 3.8) is 0 Å². The van der Waals surface area contributed by atoms with E-state index < -0.39 is 6.10 Å². The van der Waals surface area contributed by atoms with Crippen molar-refractivity contribution in [2.45, 2.75) is 13.0 Å². The van der Waals surface area contributed by atoms with E-state index in [2.05, 4.69) is 0 Å². The molecule has 0 unspecified atom stereocenters. The third-order valence-electron chi connectivity index (χ3n) is 2.48. The summed E-state index contributed by atoms with van der Waals surface area (Å²) in [4.78, 5) is 1.75. The van der Waals surface area contributed by atoms with Crippen LogP contribution < -0.4 is 4.90 Å². The molecular weight excluding hydrogens is 209 g/mol. The first-order valence-electron chi connectivity index (χ1n) is 5.24. The van der Waals surface area contributed by atoms with E-state index in [9.17, 15) is 9.50 Å². The number of likely N-dealkylation sites (N-methyl/N-ethyl adjacent to an activating group) is 1. The highest BCUT2D eigenvalue weighted by molar-refractivity contribution is 5.55. The third-order valence-corrected chi connectivity index (χ3v) is 2.48. The number of rotatable bonds is 5. The van der Waals surface area contributed by atoms with E-state index in [0.29, 0.717) is 24.4 Å². The lowest BCUT2D eigenvalue weighted by molar-refractivity contribution is 0.197. The summed E-state index contributed by atoms with van der Waals surface area (Å²) in [6.07, 6.45) is -0.685. The topological polar surface area (TPSA) is 32.7 Å². The summed E-state index contributed by atoms with van der Waals surface area (Å²) in [5.74, 6) is -0.322. The molecule has 0 fully saturated rings. The Morgan fingerprint density at radius 2 is 2.19 bits per heavy atom. The van der Waals surface area contributed by atoms with Crippen LogP contribution in [0.25, 0.3) is 0 Å². The number of methoxy groups -OCH3 is 1. The van der Waals surface area contributed by atoms with E-state index in [4.69, 9.17) is 4.74 Å². The van der Waals surface area contributed by atoms with E-state index in [1.54, 1.807) is 38.1 Å². The van der Waals surface area contributed by atoms with Gasteiger partial charge in [0.2, 0.25) is 0 Å². The minimum Gasteiger partial charge on any atom is -0.389 e. The number of hydrogen-bond acceptors (Lipinski definition) is 3. The molecule has 0 aromatic heterocycles. The van der Waals surface area contributed by atoms with Crippen LogP contribution in [0, 0.1) is 5.82 Å². The van der Waals surface area contributed by atoms with Gasteiger partial charge in [0.15, 0.2) is 0 Å². The van der Waals surface area contributed by atoms with E-state index in [1.165, 1.54) is 6.07 Å². The Hall–Kier alpha value is -1.13. The van der Waals surface area contributed by atoms with Crippen LogP contribution in [-0.2, 0) is 4.74 Å². The number of ether oxygens (including phenoxy) is 1. The molecule has 1 atom stereocenters. The van der Waals surface area contributed by atoms with Gasteiger partial charge in [-0.1, -0.05) is 12.1 Å². The molecule has 0 bridgehead atoms. The normalized spacial score (nSPS) is 12.6. The van der Waals surface area contributed by atoms with Crippen molar-refractivity contribution in [2.75, 3.05) is 32.2 Å². The van der Waals surface area contributed by atoms with Gasteiger partial charge in [-0.2, -0.15) is 0 Å². The standard InChI is InChI=1S/C12H18FNO2/c1-9(15)10-5-4-6-11(13)12(10)14(2)7-8-16-3/h4-6,9,15H,7-8H2,1-3H3/t9-/m1/s1. The van der Waals surface area contributed by atoms with E-state index in [0.717, 1.165) is 0 Å². The molecule has 1 aromatic rings. The van der Waals surface area contributed by atoms with Gasteiger partial charge in [0.05, 0.1) is 18.4 Å². The van der Waals surface area contributed by atoms with Gasteiger partial charge in [-0.3, -0.25) is 0 Å². The van der Waals surface area contributed by atoms with Gasteiger partial charge in [-0.05, 0) is 13.0 Å². The minimum absolute atomic E-state index is 0.322. The smallest absolute Gasteiger partial charge is 0.146 e. The molecule has 1 rings (SSSR count). The molecule has 0 spiro atoms. The molecule has 0 saturated carbocycles. The Morgan fingerprint density at radius 1 is 1.50 bits per heavy atom. The zero-order chi connectivity index (χ0) is 12.1. The highest BCUT2D eigenvalue weighted by Crippen LogP contribution is 2.28. The number of nitrogens with zero attached hydrogens (tertiary/aromatic N) is 1. The number of para-hydroxylation sites is 1. The number of aliphatic hydroxyl groups is 1. The lowest BCUT2D eigenvalue weighted by Crippen LogP contribution is -2.24. The molecule has 0 aliphatic heterocycles. The number of benzene rings is 1. The van der Waals surface area contributed by atoms with Crippen molar-refractivity contribution >= 4 is 5.69 Å². The summed E-state index contributed by atoms with van der Waals surface area (Å²) in [5.41, 5.74) is 1.04. The molecule has 1 N–H and O–H groups in total. The summed E-state index contributed by atoms with van der Waals surface area (Å²) < 4.78 is 18.6. The predicted octanol–water partition coefficient (Wildman–Crippen LogP) is 1.96. The summed E-state index contributed by atoms with van der Waals surface area (Å²) in [6, 6.07) is 4.72. The molecule has 3 nitrogen and oxygen atoms in total. The van der Waals surface area contributed by atoms with Gasteiger partial charge >= 0.3 is 0 Å². The molecule has 90 valence electrons. The zero-order valence-electron chi connectivity index (χ0n) is 9.90. The van der Waals surface area contributed by atoms with Crippen LogP contribution in [-0.4, -0.2) is 32.4 Å². The summed E-state index contributed by atoms with van der Waals surface area (Å²) in [5, 5.41) is 9.58. The Kier molecular flexibility index (Phi) is 4.71. The molecule has 0 aliphatic carbocycles. The molecule has 16 heavy (non-hydrogen) atoms. The maximum atomic E-state index is 13.7. The quantitative estimate of drug-likeness (QED) is 0.834. The molecule has 0 heterocycles. The molecule has 4 heteroatoms. The monoisotopic (exact) mass is 227 g/mol. The van der Waals surface area contributed by atoms with Gasteiger partial charge in [0.1, 0.15) is 5.82 Å². The van der Waals surface area contributed by atoms with Crippen LogP contribution in [0.3, 0.4) is 0 Å². The highest BCUT2D eigenvalue weighted by Gasteiger charge is 2.15. The van der Waals surface area contributed by atoms with Gasteiger partial charge in [0, 0.05) is 26.3 Å². The van der Waals surface area contributed by atoms with Crippen molar-refractivity contribution in [3.05, 3.63) is 29.6 Å². The second kappa shape index (κ2) is 5.82. The first-order chi connectivity index (χ1) is 7.57. The molecule has 0 aliphatic rings. The molecule has 1 aromatic carbocycles.